The number of halogens is 2. The van der Waals surface area contributed by atoms with E-state index in [-0.39, 0.29) is 14.1 Å². The molecule has 0 amide bonds. The van der Waals surface area contributed by atoms with E-state index in [0.717, 1.165) is 24.1 Å². The Morgan fingerprint density at radius 2 is 1.67 bits per heavy atom. The van der Waals surface area contributed by atoms with Crippen LogP contribution in [0.3, 0.4) is 0 Å². The third kappa shape index (κ3) is 5.77. The molecule has 1 atom stereocenters. The number of hydrogen-bond acceptors (Lipinski definition) is 2. The molecule has 2 rings (SSSR count). The minimum atomic E-state index is -0.0566. The molecule has 24 heavy (non-hydrogen) atoms. The first kappa shape index (κ1) is 19.2. The van der Waals surface area contributed by atoms with Gasteiger partial charge in [0.1, 0.15) is 5.75 Å². The SMILES string of the molecule is CCCCCCOc1ccc(PC(=O)c2c(Cl)cccc2Cl)cc1. The lowest BCUT2D eigenvalue weighted by molar-refractivity contribution is 0.108. The molecule has 1 unspecified atom stereocenters. The fourth-order valence-electron chi connectivity index (χ4n) is 2.26. The predicted molar refractivity (Wildman–Crippen MR) is 105 cm³/mol. The Morgan fingerprint density at radius 3 is 2.29 bits per heavy atom. The van der Waals surface area contributed by atoms with E-state index in [4.69, 9.17) is 27.9 Å². The standard InChI is InChI=1S/C19H21Cl2O2P/c1-2-3-4-5-13-23-14-9-11-15(12-10-14)24-19(22)18-16(20)7-6-8-17(18)21/h6-12,24H,2-5,13H2,1H3. The van der Waals surface area contributed by atoms with Crippen LogP contribution in [0.4, 0.5) is 0 Å². The van der Waals surface area contributed by atoms with Gasteiger partial charge in [-0.3, -0.25) is 4.79 Å². The molecular formula is C19H21Cl2O2P. The lowest BCUT2D eigenvalue weighted by Crippen LogP contribution is -2.03. The molecule has 2 aromatic carbocycles. The second kappa shape index (κ2) is 10.0. The van der Waals surface area contributed by atoms with Crippen LogP contribution in [0.1, 0.15) is 43.0 Å². The minimum absolute atomic E-state index is 0.0163. The number of carbonyl (C=O) groups excluding carboxylic acids is 1. The average Bonchev–Trinajstić information content (AvgIpc) is 2.56. The van der Waals surface area contributed by atoms with E-state index in [1.165, 1.54) is 19.3 Å². The van der Waals surface area contributed by atoms with Crippen molar-refractivity contribution in [3.05, 3.63) is 58.1 Å². The molecule has 0 aliphatic carbocycles. The Kier molecular flexibility index (Phi) is 8.05. The van der Waals surface area contributed by atoms with Crippen LogP contribution in [0.15, 0.2) is 42.5 Å². The molecule has 0 heterocycles. The number of carbonyl (C=O) groups is 1. The maximum atomic E-state index is 12.4. The molecule has 0 saturated heterocycles. The van der Waals surface area contributed by atoms with E-state index in [0.29, 0.717) is 15.6 Å². The Labute approximate surface area is 155 Å². The van der Waals surface area contributed by atoms with Crippen molar-refractivity contribution in [2.45, 2.75) is 32.6 Å². The van der Waals surface area contributed by atoms with Crippen LogP contribution in [0, 0.1) is 0 Å². The van der Waals surface area contributed by atoms with Crippen molar-refractivity contribution < 1.29 is 9.53 Å². The van der Waals surface area contributed by atoms with Crippen molar-refractivity contribution in [1.82, 2.24) is 0 Å². The van der Waals surface area contributed by atoms with Gasteiger partial charge < -0.3 is 4.74 Å². The third-order valence-corrected chi connectivity index (χ3v) is 5.30. The van der Waals surface area contributed by atoms with Gasteiger partial charge in [-0.15, -0.1) is 0 Å². The summed E-state index contributed by atoms with van der Waals surface area (Å²) >= 11 is 12.2. The maximum absolute atomic E-state index is 12.4. The van der Waals surface area contributed by atoms with Crippen LogP contribution in [-0.4, -0.2) is 12.1 Å². The summed E-state index contributed by atoms with van der Waals surface area (Å²) in [4.78, 5) is 12.4. The van der Waals surface area contributed by atoms with Crippen molar-refractivity contribution >= 4 is 42.6 Å². The van der Waals surface area contributed by atoms with Gasteiger partial charge >= 0.3 is 0 Å². The average molecular weight is 383 g/mol. The quantitative estimate of drug-likeness (QED) is 0.387. The molecule has 2 nitrogen and oxygen atoms in total. The monoisotopic (exact) mass is 382 g/mol. The zero-order chi connectivity index (χ0) is 17.4. The molecule has 0 radical (unpaired) electrons. The number of benzene rings is 2. The van der Waals surface area contributed by atoms with Gasteiger partial charge in [0, 0.05) is 0 Å². The fourth-order valence-corrected chi connectivity index (χ4v) is 3.98. The van der Waals surface area contributed by atoms with Crippen LogP contribution < -0.4 is 10.0 Å². The normalized spacial score (nSPS) is 11.1. The van der Waals surface area contributed by atoms with Crippen LogP contribution in [-0.2, 0) is 0 Å². The van der Waals surface area contributed by atoms with Gasteiger partial charge in [-0.05, 0) is 44.6 Å². The van der Waals surface area contributed by atoms with Crippen LogP contribution in [0.2, 0.25) is 10.0 Å². The number of ether oxygens (including phenoxy) is 1. The summed E-state index contributed by atoms with van der Waals surface area (Å²) in [5.41, 5.74) is 0.342. The van der Waals surface area contributed by atoms with E-state index in [2.05, 4.69) is 6.92 Å². The molecule has 0 N–H and O–H groups in total. The van der Waals surface area contributed by atoms with Gasteiger partial charge in [0.25, 0.3) is 0 Å². The molecule has 5 heteroatoms. The van der Waals surface area contributed by atoms with Crippen LogP contribution in [0.5, 0.6) is 5.75 Å². The van der Waals surface area contributed by atoms with E-state index >= 15 is 0 Å². The molecular weight excluding hydrogens is 362 g/mol. The largest absolute Gasteiger partial charge is 0.494 e. The highest BCUT2D eigenvalue weighted by Gasteiger charge is 2.15. The van der Waals surface area contributed by atoms with Gasteiger partial charge in [0.15, 0.2) is 5.52 Å². The molecule has 0 aromatic heterocycles. The fraction of sp³-hybridized carbons (Fsp3) is 0.316. The molecule has 0 spiro atoms. The first-order chi connectivity index (χ1) is 11.6. The van der Waals surface area contributed by atoms with Crippen molar-refractivity contribution in [3.63, 3.8) is 0 Å². The highest BCUT2D eigenvalue weighted by molar-refractivity contribution is 7.66. The van der Waals surface area contributed by atoms with Crippen LogP contribution in [0.25, 0.3) is 0 Å². The molecule has 2 aromatic rings. The summed E-state index contributed by atoms with van der Waals surface area (Å²) in [5.74, 6) is 0.836. The highest BCUT2D eigenvalue weighted by Crippen LogP contribution is 2.30. The zero-order valence-corrected chi connectivity index (χ0v) is 16.2. The topological polar surface area (TPSA) is 26.3 Å². The van der Waals surface area contributed by atoms with Crippen molar-refractivity contribution in [3.8, 4) is 5.75 Å². The summed E-state index contributed by atoms with van der Waals surface area (Å²) < 4.78 is 5.71. The Morgan fingerprint density at radius 1 is 1.00 bits per heavy atom. The smallest absolute Gasteiger partial charge is 0.188 e. The lowest BCUT2D eigenvalue weighted by Gasteiger charge is -2.08. The van der Waals surface area contributed by atoms with E-state index in [1.54, 1.807) is 18.2 Å². The third-order valence-electron chi connectivity index (χ3n) is 3.57. The van der Waals surface area contributed by atoms with Crippen molar-refractivity contribution in [2.24, 2.45) is 0 Å². The zero-order valence-electron chi connectivity index (χ0n) is 13.6. The second-order valence-corrected chi connectivity index (χ2v) is 7.58. The van der Waals surface area contributed by atoms with Crippen LogP contribution >= 0.6 is 31.8 Å². The highest BCUT2D eigenvalue weighted by atomic mass is 35.5. The summed E-state index contributed by atoms with van der Waals surface area (Å²) in [6.07, 6.45) is 4.74. The van der Waals surface area contributed by atoms with Gasteiger partial charge in [-0.2, -0.15) is 0 Å². The minimum Gasteiger partial charge on any atom is -0.494 e. The molecule has 0 aliphatic heterocycles. The first-order valence-corrected chi connectivity index (χ1v) is 9.85. The van der Waals surface area contributed by atoms with Gasteiger partial charge in [0.05, 0.1) is 22.2 Å². The number of rotatable bonds is 9. The van der Waals surface area contributed by atoms with Gasteiger partial charge in [-0.25, -0.2) is 0 Å². The first-order valence-electron chi connectivity index (χ1n) is 8.10. The van der Waals surface area contributed by atoms with E-state index < -0.39 is 0 Å². The maximum Gasteiger partial charge on any atom is 0.188 e. The number of unbranched alkanes of at least 4 members (excludes halogenated alkanes) is 3. The van der Waals surface area contributed by atoms with E-state index in [9.17, 15) is 4.79 Å². The molecule has 0 bridgehead atoms. The van der Waals surface area contributed by atoms with E-state index in [1.807, 2.05) is 24.3 Å². The Bertz CT molecular complexity index is 651. The van der Waals surface area contributed by atoms with Gasteiger partial charge in [-0.1, -0.05) is 67.6 Å². The summed E-state index contributed by atoms with van der Waals surface area (Å²) in [6, 6.07) is 12.7. The summed E-state index contributed by atoms with van der Waals surface area (Å²) in [6.45, 7) is 2.92. The lowest BCUT2D eigenvalue weighted by atomic mass is 10.2. The Balaban J connectivity index is 1.90. The van der Waals surface area contributed by atoms with Crippen molar-refractivity contribution in [2.75, 3.05) is 6.61 Å². The summed E-state index contributed by atoms with van der Waals surface area (Å²) in [5, 5.41) is 1.73. The molecule has 128 valence electrons. The number of hydrogen-bond donors (Lipinski definition) is 0. The second-order valence-electron chi connectivity index (χ2n) is 5.48. The molecule has 0 fully saturated rings. The van der Waals surface area contributed by atoms with Gasteiger partial charge in [0.2, 0.25) is 0 Å². The predicted octanol–water partition coefficient (Wildman–Crippen LogP) is 6.10. The molecule has 0 saturated carbocycles. The Hall–Kier alpha value is -1.08. The molecule has 0 aliphatic rings. The van der Waals surface area contributed by atoms with Crippen molar-refractivity contribution in [1.29, 1.82) is 0 Å². The summed E-state index contributed by atoms with van der Waals surface area (Å²) in [7, 11) is -0.0163.